The normalized spacial score (nSPS) is 18.1. The van der Waals surface area contributed by atoms with Gasteiger partial charge in [-0.15, -0.1) is 0 Å². The summed E-state index contributed by atoms with van der Waals surface area (Å²) < 4.78 is 19.6. The van der Waals surface area contributed by atoms with Gasteiger partial charge in [-0.2, -0.15) is 0 Å². The minimum absolute atomic E-state index is 0.176. The van der Waals surface area contributed by atoms with Crippen LogP contribution in [0.25, 0.3) is 10.8 Å². The molecule has 0 amide bonds. The van der Waals surface area contributed by atoms with E-state index in [4.69, 9.17) is 10.5 Å². The average molecular weight is 444 g/mol. The van der Waals surface area contributed by atoms with Gasteiger partial charge in [0.1, 0.15) is 5.82 Å². The monoisotopic (exact) mass is 444 g/mol. The highest BCUT2D eigenvalue weighted by Gasteiger charge is 2.27. The number of hydrogen-bond acceptors (Lipinski definition) is 6. The Morgan fingerprint density at radius 2 is 1.76 bits per heavy atom. The molecule has 8 nitrogen and oxygen atoms in total. The van der Waals surface area contributed by atoms with Gasteiger partial charge in [0, 0.05) is 55.7 Å². The molecule has 0 radical (unpaired) electrons. The standard InChI is InChI=1S/C24H21FN6O2/c25-20-6-5-19(17-3-1-2-4-18(17)20)22-29-21(23(32)33-22)15-30-11-13-31(14-12-30)24(26)28-16-7-9-27-10-8-16/h1-10,15H,11-14H2,(H2,26,27,28). The quantitative estimate of drug-likeness (QED) is 0.289. The number of nitrogens with two attached hydrogens (primary N) is 1. The molecular weight excluding hydrogens is 423 g/mol. The maximum Gasteiger partial charge on any atom is 0.365 e. The summed E-state index contributed by atoms with van der Waals surface area (Å²) in [6.07, 6.45) is 5.04. The van der Waals surface area contributed by atoms with Crippen molar-refractivity contribution in [3.8, 4) is 0 Å². The third-order valence-corrected chi connectivity index (χ3v) is 5.57. The molecule has 0 unspecified atom stereocenters. The molecule has 1 saturated heterocycles. The number of pyridine rings is 1. The number of aromatic nitrogens is 1. The summed E-state index contributed by atoms with van der Waals surface area (Å²) in [6, 6.07) is 13.6. The number of piperazine rings is 1. The Morgan fingerprint density at radius 1 is 1.03 bits per heavy atom. The molecule has 5 rings (SSSR count). The van der Waals surface area contributed by atoms with Crippen LogP contribution < -0.4 is 5.73 Å². The number of carbonyl (C=O) groups excluding carboxylic acids is 1. The van der Waals surface area contributed by atoms with E-state index in [9.17, 15) is 9.18 Å². The molecule has 9 heteroatoms. The Kier molecular flexibility index (Phi) is 5.43. The Labute approximate surface area is 189 Å². The van der Waals surface area contributed by atoms with Gasteiger partial charge in [-0.1, -0.05) is 24.3 Å². The molecule has 2 aliphatic heterocycles. The number of fused-ring (bicyclic) bond motifs is 1. The number of ether oxygens (including phenoxy) is 1. The molecule has 3 aromatic rings. The maximum absolute atomic E-state index is 14.1. The first kappa shape index (κ1) is 20.6. The maximum atomic E-state index is 14.1. The summed E-state index contributed by atoms with van der Waals surface area (Å²) in [7, 11) is 0. The molecule has 1 fully saturated rings. The van der Waals surface area contributed by atoms with Gasteiger partial charge in [-0.25, -0.2) is 19.2 Å². The fourth-order valence-corrected chi connectivity index (χ4v) is 3.84. The number of carbonyl (C=O) groups is 1. The highest BCUT2D eigenvalue weighted by Crippen LogP contribution is 2.26. The Morgan fingerprint density at radius 3 is 2.52 bits per heavy atom. The third kappa shape index (κ3) is 4.25. The number of rotatable bonds is 3. The second-order valence-electron chi connectivity index (χ2n) is 7.66. The van der Waals surface area contributed by atoms with Crippen molar-refractivity contribution in [1.29, 1.82) is 0 Å². The molecule has 2 aliphatic rings. The van der Waals surface area contributed by atoms with Crippen LogP contribution in [0.1, 0.15) is 5.56 Å². The van der Waals surface area contributed by atoms with Crippen molar-refractivity contribution in [2.24, 2.45) is 15.7 Å². The summed E-state index contributed by atoms with van der Waals surface area (Å²) in [6.45, 7) is 2.60. The molecule has 0 saturated carbocycles. The van der Waals surface area contributed by atoms with Crippen LogP contribution in [-0.4, -0.2) is 58.8 Å². The van der Waals surface area contributed by atoms with E-state index in [2.05, 4.69) is 15.0 Å². The second-order valence-corrected chi connectivity index (χ2v) is 7.66. The minimum Gasteiger partial charge on any atom is -0.402 e. The molecule has 0 spiro atoms. The highest BCUT2D eigenvalue weighted by atomic mass is 19.1. The predicted octanol–water partition coefficient (Wildman–Crippen LogP) is 2.78. The van der Waals surface area contributed by atoms with Crippen LogP contribution in [0, 0.1) is 5.82 Å². The van der Waals surface area contributed by atoms with Crippen LogP contribution in [0.5, 0.6) is 0 Å². The van der Waals surface area contributed by atoms with Crippen molar-refractivity contribution in [2.45, 2.75) is 0 Å². The van der Waals surface area contributed by atoms with Crippen LogP contribution >= 0.6 is 0 Å². The number of aliphatic imine (C=N–C) groups is 2. The number of cyclic esters (lactones) is 1. The SMILES string of the molecule is NC(=Nc1ccncc1)N1CCN(C=C2N=C(c3ccc(F)c4ccccc34)OC2=O)CC1. The summed E-state index contributed by atoms with van der Waals surface area (Å²) in [5.74, 6) is -0.244. The van der Waals surface area contributed by atoms with Crippen LogP contribution in [0.15, 0.2) is 82.8 Å². The van der Waals surface area contributed by atoms with E-state index in [1.165, 1.54) is 6.07 Å². The third-order valence-electron chi connectivity index (χ3n) is 5.57. The molecule has 166 valence electrons. The lowest BCUT2D eigenvalue weighted by molar-refractivity contribution is -0.130. The summed E-state index contributed by atoms with van der Waals surface area (Å²) in [5, 5.41) is 1.09. The van der Waals surface area contributed by atoms with Crippen molar-refractivity contribution < 1.29 is 13.9 Å². The van der Waals surface area contributed by atoms with Gasteiger partial charge < -0.3 is 20.3 Å². The summed E-state index contributed by atoms with van der Waals surface area (Å²) in [5.41, 5.74) is 7.69. The largest absolute Gasteiger partial charge is 0.402 e. The van der Waals surface area contributed by atoms with Gasteiger partial charge >= 0.3 is 5.97 Å². The molecule has 0 aliphatic carbocycles. The van der Waals surface area contributed by atoms with Crippen LogP contribution in [-0.2, 0) is 9.53 Å². The van der Waals surface area contributed by atoms with Gasteiger partial charge in [0.15, 0.2) is 11.7 Å². The van der Waals surface area contributed by atoms with Crippen LogP contribution in [0.4, 0.5) is 10.1 Å². The van der Waals surface area contributed by atoms with Crippen molar-refractivity contribution in [3.05, 3.63) is 84.2 Å². The number of nitrogens with zero attached hydrogens (tertiary/aromatic N) is 5. The second kappa shape index (κ2) is 8.70. The topological polar surface area (TPSA) is 96.4 Å². The van der Waals surface area contributed by atoms with Gasteiger partial charge in [-0.3, -0.25) is 4.98 Å². The number of hydrogen-bond donors (Lipinski definition) is 1. The molecule has 2 aromatic carbocycles. The van der Waals surface area contributed by atoms with Crippen molar-refractivity contribution in [1.82, 2.24) is 14.8 Å². The van der Waals surface area contributed by atoms with Gasteiger partial charge in [0.2, 0.25) is 5.90 Å². The van der Waals surface area contributed by atoms with Crippen LogP contribution in [0.2, 0.25) is 0 Å². The zero-order valence-corrected chi connectivity index (χ0v) is 17.7. The van der Waals surface area contributed by atoms with E-state index < -0.39 is 5.97 Å². The summed E-state index contributed by atoms with van der Waals surface area (Å²) in [4.78, 5) is 29.2. The lowest BCUT2D eigenvalue weighted by Crippen LogP contribution is -2.49. The molecular formula is C24H21FN6O2. The van der Waals surface area contributed by atoms with E-state index in [1.54, 1.807) is 55.0 Å². The zero-order chi connectivity index (χ0) is 22.8. The van der Waals surface area contributed by atoms with E-state index in [0.29, 0.717) is 48.5 Å². The summed E-state index contributed by atoms with van der Waals surface area (Å²) >= 11 is 0. The Bertz CT molecular complexity index is 1300. The van der Waals surface area contributed by atoms with Crippen molar-refractivity contribution in [2.75, 3.05) is 26.2 Å². The molecule has 0 atom stereocenters. The predicted molar refractivity (Wildman–Crippen MR) is 123 cm³/mol. The van der Waals surface area contributed by atoms with E-state index in [1.807, 2.05) is 15.9 Å². The van der Waals surface area contributed by atoms with E-state index in [0.717, 1.165) is 5.69 Å². The Balaban J connectivity index is 1.31. The number of benzene rings is 2. The van der Waals surface area contributed by atoms with E-state index >= 15 is 0 Å². The zero-order valence-electron chi connectivity index (χ0n) is 17.7. The number of esters is 1. The van der Waals surface area contributed by atoms with Gasteiger partial charge in [-0.05, 0) is 29.7 Å². The number of halogens is 1. The minimum atomic E-state index is -0.528. The van der Waals surface area contributed by atoms with Crippen LogP contribution in [0.3, 0.4) is 0 Å². The average Bonchev–Trinajstić information content (AvgIpc) is 3.20. The fraction of sp³-hybridized carbons (Fsp3) is 0.167. The molecule has 3 heterocycles. The Hall–Kier alpha value is -4.27. The van der Waals surface area contributed by atoms with Crippen molar-refractivity contribution >= 4 is 34.3 Å². The lowest BCUT2D eigenvalue weighted by atomic mass is 10.0. The molecule has 0 bridgehead atoms. The first-order valence-electron chi connectivity index (χ1n) is 10.5. The molecule has 2 N–H and O–H groups in total. The lowest BCUT2D eigenvalue weighted by Gasteiger charge is -2.34. The smallest absolute Gasteiger partial charge is 0.365 e. The van der Waals surface area contributed by atoms with Crippen molar-refractivity contribution in [3.63, 3.8) is 0 Å². The first-order valence-corrected chi connectivity index (χ1v) is 10.5. The van der Waals surface area contributed by atoms with E-state index in [-0.39, 0.29) is 17.4 Å². The molecule has 33 heavy (non-hydrogen) atoms. The van der Waals surface area contributed by atoms with Gasteiger partial charge in [0.25, 0.3) is 0 Å². The molecule has 1 aromatic heterocycles. The first-order chi connectivity index (χ1) is 16.1. The highest BCUT2D eigenvalue weighted by molar-refractivity contribution is 6.16. The van der Waals surface area contributed by atoms with Gasteiger partial charge in [0.05, 0.1) is 5.69 Å². The fourth-order valence-electron chi connectivity index (χ4n) is 3.84. The number of guanidine groups is 1.